The highest BCUT2D eigenvalue weighted by Crippen LogP contribution is 2.14. The molecule has 0 aliphatic carbocycles. The quantitative estimate of drug-likeness (QED) is 0.476. The van der Waals surface area contributed by atoms with Gasteiger partial charge in [-0.2, -0.15) is 5.26 Å². The van der Waals surface area contributed by atoms with Crippen molar-refractivity contribution in [2.45, 2.75) is 0 Å². The molecule has 0 bridgehead atoms. The lowest BCUT2D eigenvalue weighted by molar-refractivity contribution is 0.571. The minimum absolute atomic E-state index is 0.306. The maximum absolute atomic E-state index is 8.85. The van der Waals surface area contributed by atoms with E-state index in [1.165, 1.54) is 0 Å². The van der Waals surface area contributed by atoms with Gasteiger partial charge >= 0.3 is 0 Å². The molecule has 3 nitrogen and oxygen atoms in total. The number of para-hydroxylation sites is 1. The monoisotopic (exact) mass is 249 g/mol. The van der Waals surface area contributed by atoms with Crippen LogP contribution < -0.4 is 0 Å². The molecule has 19 heavy (non-hydrogen) atoms. The topological polar surface area (TPSA) is 39.4 Å². The molecule has 2 rings (SSSR count). The number of hydrogen-bond acceptors (Lipinski definition) is 2. The number of benzene rings is 2. The van der Waals surface area contributed by atoms with Crippen LogP contribution in [0.3, 0.4) is 0 Å². The normalized spacial score (nSPS) is 10.8. The van der Waals surface area contributed by atoms with Crippen molar-refractivity contribution in [1.82, 2.24) is 4.90 Å². The molecule has 94 valence electrons. The largest absolute Gasteiger partial charge is 0.346 e. The van der Waals surface area contributed by atoms with Crippen molar-refractivity contribution in [3.05, 3.63) is 66.2 Å². The molecule has 0 spiro atoms. The van der Waals surface area contributed by atoms with Crippen molar-refractivity contribution in [2.24, 2.45) is 4.99 Å². The Hall–Kier alpha value is -2.60. The van der Waals surface area contributed by atoms with E-state index in [0.717, 1.165) is 17.1 Å². The molecule has 0 aromatic heterocycles. The second-order valence-electron chi connectivity index (χ2n) is 4.15. The molecule has 0 N–H and O–H groups in total. The lowest BCUT2D eigenvalue weighted by Gasteiger charge is -2.18. The number of nitrogens with zero attached hydrogens (tertiary/aromatic N) is 3. The SMILES string of the molecule is CN(CC#N)C(=Nc1ccccc1)c1ccccc1. The van der Waals surface area contributed by atoms with E-state index in [-0.39, 0.29) is 0 Å². The maximum Gasteiger partial charge on any atom is 0.137 e. The van der Waals surface area contributed by atoms with E-state index in [1.54, 1.807) is 0 Å². The lowest BCUT2D eigenvalue weighted by atomic mass is 10.2. The van der Waals surface area contributed by atoms with Crippen LogP contribution in [-0.4, -0.2) is 24.3 Å². The zero-order chi connectivity index (χ0) is 13.5. The molecule has 0 amide bonds. The summed E-state index contributed by atoms with van der Waals surface area (Å²) in [5, 5.41) is 8.85. The molecule has 0 aliphatic heterocycles. The number of nitriles is 1. The lowest BCUT2D eigenvalue weighted by Crippen LogP contribution is -2.27. The first-order chi connectivity index (χ1) is 9.31. The molecule has 2 aromatic carbocycles. The predicted molar refractivity (Wildman–Crippen MR) is 77.3 cm³/mol. The molecule has 3 heteroatoms. The Morgan fingerprint density at radius 2 is 1.63 bits per heavy atom. The van der Waals surface area contributed by atoms with Crippen molar-refractivity contribution in [2.75, 3.05) is 13.6 Å². The molecule has 0 atom stereocenters. The summed E-state index contributed by atoms with van der Waals surface area (Å²) in [7, 11) is 1.87. The Labute approximate surface area is 113 Å². The van der Waals surface area contributed by atoms with Crippen LogP contribution in [-0.2, 0) is 0 Å². The van der Waals surface area contributed by atoms with E-state index >= 15 is 0 Å². The first-order valence-corrected chi connectivity index (χ1v) is 6.08. The minimum atomic E-state index is 0.306. The molecule has 0 heterocycles. The molecular weight excluding hydrogens is 234 g/mol. The average molecular weight is 249 g/mol. The molecule has 2 aromatic rings. The minimum Gasteiger partial charge on any atom is -0.346 e. The Morgan fingerprint density at radius 1 is 1.05 bits per heavy atom. The van der Waals surface area contributed by atoms with Gasteiger partial charge in [-0.3, -0.25) is 0 Å². The van der Waals surface area contributed by atoms with Crippen LogP contribution in [0.25, 0.3) is 0 Å². The van der Waals surface area contributed by atoms with Gasteiger partial charge in [0.2, 0.25) is 0 Å². The van der Waals surface area contributed by atoms with Gasteiger partial charge in [-0.25, -0.2) is 4.99 Å². The first-order valence-electron chi connectivity index (χ1n) is 6.08. The fourth-order valence-corrected chi connectivity index (χ4v) is 1.76. The van der Waals surface area contributed by atoms with Gasteiger partial charge in [0.05, 0.1) is 11.8 Å². The summed E-state index contributed by atoms with van der Waals surface area (Å²) in [6.07, 6.45) is 0. The zero-order valence-corrected chi connectivity index (χ0v) is 10.8. The smallest absolute Gasteiger partial charge is 0.137 e. The number of rotatable bonds is 3. The molecule has 0 unspecified atom stereocenters. The van der Waals surface area contributed by atoms with Crippen molar-refractivity contribution in [3.8, 4) is 6.07 Å². The van der Waals surface area contributed by atoms with Crippen molar-refractivity contribution in [1.29, 1.82) is 5.26 Å². The standard InChI is InChI=1S/C16H15N3/c1-19(13-12-17)16(14-8-4-2-5-9-14)18-15-10-6-3-7-11-15/h2-11H,13H2,1H3. The maximum atomic E-state index is 8.85. The van der Waals surface area contributed by atoms with Gasteiger partial charge in [0.25, 0.3) is 0 Å². The van der Waals surface area contributed by atoms with E-state index in [1.807, 2.05) is 72.6 Å². The third kappa shape index (κ3) is 3.43. The average Bonchev–Trinajstić information content (AvgIpc) is 2.47. The van der Waals surface area contributed by atoms with Crippen LogP contribution in [0, 0.1) is 11.3 Å². The summed E-state index contributed by atoms with van der Waals surface area (Å²) in [6.45, 7) is 0.306. The van der Waals surface area contributed by atoms with Gasteiger partial charge in [0, 0.05) is 12.6 Å². The Morgan fingerprint density at radius 3 is 2.21 bits per heavy atom. The molecule has 0 radical (unpaired) electrons. The summed E-state index contributed by atoms with van der Waals surface area (Å²) in [5.74, 6) is 0.799. The van der Waals surface area contributed by atoms with Crippen LogP contribution in [0.2, 0.25) is 0 Å². The van der Waals surface area contributed by atoms with Crippen LogP contribution in [0.15, 0.2) is 65.7 Å². The highest BCUT2D eigenvalue weighted by Gasteiger charge is 2.08. The summed E-state index contributed by atoms with van der Waals surface area (Å²) < 4.78 is 0. The van der Waals surface area contributed by atoms with Crippen molar-refractivity contribution >= 4 is 11.5 Å². The molecule has 0 fully saturated rings. The number of hydrogen-bond donors (Lipinski definition) is 0. The summed E-state index contributed by atoms with van der Waals surface area (Å²) >= 11 is 0. The number of amidine groups is 1. The summed E-state index contributed by atoms with van der Waals surface area (Å²) in [5.41, 5.74) is 1.88. The molecule has 0 saturated carbocycles. The van der Waals surface area contributed by atoms with E-state index in [2.05, 4.69) is 11.1 Å². The third-order valence-electron chi connectivity index (χ3n) is 2.69. The second-order valence-corrected chi connectivity index (χ2v) is 4.15. The Kier molecular flexibility index (Phi) is 4.30. The first kappa shape index (κ1) is 12.8. The van der Waals surface area contributed by atoms with Gasteiger partial charge in [-0.05, 0) is 12.1 Å². The number of aliphatic imine (C=N–C) groups is 1. The Balaban J connectivity index is 2.41. The van der Waals surface area contributed by atoms with Gasteiger partial charge in [0.1, 0.15) is 12.4 Å². The fourth-order valence-electron chi connectivity index (χ4n) is 1.76. The van der Waals surface area contributed by atoms with Crippen LogP contribution in [0.1, 0.15) is 5.56 Å². The van der Waals surface area contributed by atoms with Gasteiger partial charge in [-0.15, -0.1) is 0 Å². The predicted octanol–water partition coefficient (Wildman–Crippen LogP) is 3.22. The van der Waals surface area contributed by atoms with Crippen molar-refractivity contribution in [3.63, 3.8) is 0 Å². The highest BCUT2D eigenvalue weighted by molar-refractivity contribution is 6.00. The Bertz CT molecular complexity index is 582. The van der Waals surface area contributed by atoms with Gasteiger partial charge in [0.15, 0.2) is 0 Å². The fraction of sp³-hybridized carbons (Fsp3) is 0.125. The molecule has 0 aliphatic rings. The summed E-state index contributed by atoms with van der Waals surface area (Å²) in [6, 6.07) is 21.8. The van der Waals surface area contributed by atoms with E-state index in [0.29, 0.717) is 6.54 Å². The highest BCUT2D eigenvalue weighted by atomic mass is 15.2. The van der Waals surface area contributed by atoms with Crippen LogP contribution in [0.5, 0.6) is 0 Å². The summed E-state index contributed by atoms with van der Waals surface area (Å²) in [4.78, 5) is 6.49. The van der Waals surface area contributed by atoms with Crippen LogP contribution >= 0.6 is 0 Å². The van der Waals surface area contributed by atoms with E-state index < -0.39 is 0 Å². The molecular formula is C16H15N3. The van der Waals surface area contributed by atoms with E-state index in [9.17, 15) is 0 Å². The zero-order valence-electron chi connectivity index (χ0n) is 10.8. The van der Waals surface area contributed by atoms with E-state index in [4.69, 9.17) is 5.26 Å². The van der Waals surface area contributed by atoms with Crippen LogP contribution in [0.4, 0.5) is 5.69 Å². The van der Waals surface area contributed by atoms with Gasteiger partial charge < -0.3 is 4.90 Å². The molecule has 0 saturated heterocycles. The third-order valence-corrected chi connectivity index (χ3v) is 2.69. The van der Waals surface area contributed by atoms with Crippen molar-refractivity contribution < 1.29 is 0 Å². The second kappa shape index (κ2) is 6.36. The van der Waals surface area contributed by atoms with Gasteiger partial charge in [-0.1, -0.05) is 48.5 Å².